The van der Waals surface area contributed by atoms with Crippen molar-refractivity contribution in [1.82, 2.24) is 0 Å². The maximum atomic E-state index is 13.4. The molecule has 0 bridgehead atoms. The van der Waals surface area contributed by atoms with Crippen LogP contribution in [0, 0.1) is 20.8 Å². The summed E-state index contributed by atoms with van der Waals surface area (Å²) in [7, 11) is 0. The molecule has 1 heterocycles. The lowest BCUT2D eigenvalue weighted by molar-refractivity contribution is -0.132. The number of carbonyl (C=O) groups is 3. The summed E-state index contributed by atoms with van der Waals surface area (Å²) in [5.41, 5.74) is 4.33. The van der Waals surface area contributed by atoms with Crippen LogP contribution in [-0.2, 0) is 14.4 Å². The molecular formula is C31H31NO6. The van der Waals surface area contributed by atoms with E-state index in [4.69, 9.17) is 9.47 Å². The van der Waals surface area contributed by atoms with Gasteiger partial charge in [0.1, 0.15) is 17.3 Å². The van der Waals surface area contributed by atoms with Gasteiger partial charge in [0.2, 0.25) is 0 Å². The molecule has 1 aliphatic heterocycles. The summed E-state index contributed by atoms with van der Waals surface area (Å²) < 4.78 is 10.9. The molecule has 1 fully saturated rings. The largest absolute Gasteiger partial charge is 0.507 e. The molecule has 0 aliphatic carbocycles. The molecular weight excluding hydrogens is 482 g/mol. The summed E-state index contributed by atoms with van der Waals surface area (Å²) in [4.78, 5) is 39.7. The minimum Gasteiger partial charge on any atom is -0.507 e. The van der Waals surface area contributed by atoms with Gasteiger partial charge >= 0.3 is 5.97 Å². The number of Topliss-reactive ketones (excluding diaryl/α,β-unsaturated/α-hetero) is 1. The van der Waals surface area contributed by atoms with Gasteiger partial charge in [-0.05, 0) is 91.9 Å². The Morgan fingerprint density at radius 1 is 0.921 bits per heavy atom. The second-order valence-corrected chi connectivity index (χ2v) is 9.43. The summed E-state index contributed by atoms with van der Waals surface area (Å²) >= 11 is 0. The molecule has 1 saturated heterocycles. The van der Waals surface area contributed by atoms with Gasteiger partial charge in [0.05, 0.1) is 18.2 Å². The van der Waals surface area contributed by atoms with Gasteiger partial charge in [-0.25, -0.2) is 0 Å². The van der Waals surface area contributed by atoms with E-state index in [0.29, 0.717) is 34.9 Å². The maximum Gasteiger partial charge on any atom is 0.308 e. The molecule has 1 aliphatic rings. The summed E-state index contributed by atoms with van der Waals surface area (Å²) in [5.74, 6) is -1.21. The zero-order valence-corrected chi connectivity index (χ0v) is 22.2. The van der Waals surface area contributed by atoms with E-state index in [-0.39, 0.29) is 11.3 Å². The number of carbonyl (C=O) groups excluding carboxylic acids is 3. The number of aliphatic hydroxyl groups excluding tert-OH is 1. The van der Waals surface area contributed by atoms with E-state index in [2.05, 4.69) is 0 Å². The molecule has 3 aromatic carbocycles. The van der Waals surface area contributed by atoms with Crippen molar-refractivity contribution in [1.29, 1.82) is 0 Å². The van der Waals surface area contributed by atoms with E-state index in [1.165, 1.54) is 11.8 Å². The summed E-state index contributed by atoms with van der Waals surface area (Å²) in [6, 6.07) is 16.4. The van der Waals surface area contributed by atoms with E-state index >= 15 is 0 Å². The van der Waals surface area contributed by atoms with Crippen molar-refractivity contribution in [2.45, 2.75) is 47.1 Å². The van der Waals surface area contributed by atoms with Crippen LogP contribution in [0.1, 0.15) is 54.1 Å². The first-order chi connectivity index (χ1) is 18.1. The van der Waals surface area contributed by atoms with Gasteiger partial charge in [0.15, 0.2) is 0 Å². The molecule has 0 spiro atoms. The van der Waals surface area contributed by atoms with Crippen LogP contribution in [0.5, 0.6) is 11.5 Å². The van der Waals surface area contributed by atoms with E-state index < -0.39 is 23.7 Å². The third-order valence-electron chi connectivity index (χ3n) is 6.58. The van der Waals surface area contributed by atoms with Crippen LogP contribution in [0.4, 0.5) is 5.69 Å². The minimum atomic E-state index is -0.889. The molecule has 7 nitrogen and oxygen atoms in total. The van der Waals surface area contributed by atoms with Gasteiger partial charge in [-0.2, -0.15) is 0 Å². The van der Waals surface area contributed by atoms with E-state index in [0.717, 1.165) is 23.1 Å². The van der Waals surface area contributed by atoms with Crippen molar-refractivity contribution in [2.75, 3.05) is 11.5 Å². The van der Waals surface area contributed by atoms with Gasteiger partial charge in [-0.3, -0.25) is 19.3 Å². The van der Waals surface area contributed by atoms with Gasteiger partial charge in [0.25, 0.3) is 11.7 Å². The van der Waals surface area contributed by atoms with E-state index in [1.807, 2.05) is 39.8 Å². The Balaban J connectivity index is 1.87. The Kier molecular flexibility index (Phi) is 7.67. The Bertz CT molecular complexity index is 1440. The molecule has 1 N–H and O–H groups in total. The number of nitrogens with zero attached hydrogens (tertiary/aromatic N) is 1. The highest BCUT2D eigenvalue weighted by Gasteiger charge is 2.47. The first kappa shape index (κ1) is 26.7. The second-order valence-electron chi connectivity index (χ2n) is 9.43. The van der Waals surface area contributed by atoms with Crippen molar-refractivity contribution in [2.24, 2.45) is 0 Å². The first-order valence-electron chi connectivity index (χ1n) is 12.5. The SMILES string of the molecule is CCCOc1ccc(/C(O)=C2\C(=O)C(=O)N(c3ccc(C)c(C)c3)C2c2ccc(OC(C)=O)cc2)cc1C. The molecule has 0 radical (unpaired) electrons. The fraction of sp³-hybridized carbons (Fsp3) is 0.258. The number of benzene rings is 3. The number of hydrogen-bond donors (Lipinski definition) is 1. The molecule has 38 heavy (non-hydrogen) atoms. The smallest absolute Gasteiger partial charge is 0.308 e. The second kappa shape index (κ2) is 10.9. The van der Waals surface area contributed by atoms with Crippen molar-refractivity contribution in [3.05, 3.63) is 94.1 Å². The number of ether oxygens (including phenoxy) is 2. The lowest BCUT2D eigenvalue weighted by Crippen LogP contribution is -2.29. The molecule has 7 heteroatoms. The molecule has 3 aromatic rings. The summed E-state index contributed by atoms with van der Waals surface area (Å²) in [6.45, 7) is 9.65. The van der Waals surface area contributed by atoms with Gasteiger partial charge in [-0.15, -0.1) is 0 Å². The number of esters is 1. The fourth-order valence-corrected chi connectivity index (χ4v) is 4.50. The lowest BCUT2D eigenvalue weighted by Gasteiger charge is -2.26. The Morgan fingerprint density at radius 2 is 1.63 bits per heavy atom. The van der Waals surface area contributed by atoms with Crippen molar-refractivity contribution >= 4 is 29.1 Å². The molecule has 1 atom stereocenters. The third kappa shape index (κ3) is 5.18. The topological polar surface area (TPSA) is 93.1 Å². The van der Waals surface area contributed by atoms with Crippen molar-refractivity contribution in [3.63, 3.8) is 0 Å². The zero-order chi connectivity index (χ0) is 27.6. The normalized spacial score (nSPS) is 16.6. The molecule has 0 aromatic heterocycles. The van der Waals surface area contributed by atoms with E-state index in [1.54, 1.807) is 48.5 Å². The predicted molar refractivity (Wildman–Crippen MR) is 145 cm³/mol. The predicted octanol–water partition coefficient (Wildman–Crippen LogP) is 5.95. The Morgan fingerprint density at radius 3 is 2.24 bits per heavy atom. The molecule has 0 saturated carbocycles. The van der Waals surface area contributed by atoms with Crippen LogP contribution < -0.4 is 14.4 Å². The first-order valence-corrected chi connectivity index (χ1v) is 12.5. The van der Waals surface area contributed by atoms with Gasteiger partial charge in [0, 0.05) is 18.2 Å². The van der Waals surface area contributed by atoms with Crippen LogP contribution >= 0.6 is 0 Å². The average molecular weight is 514 g/mol. The molecule has 4 rings (SSSR count). The number of hydrogen-bond acceptors (Lipinski definition) is 6. The van der Waals surface area contributed by atoms with Crippen LogP contribution in [0.3, 0.4) is 0 Å². The average Bonchev–Trinajstić information content (AvgIpc) is 3.15. The highest BCUT2D eigenvalue weighted by atomic mass is 16.5. The minimum absolute atomic E-state index is 0.0184. The summed E-state index contributed by atoms with van der Waals surface area (Å²) in [5, 5.41) is 11.4. The maximum absolute atomic E-state index is 13.4. The van der Waals surface area contributed by atoms with Crippen LogP contribution in [-0.4, -0.2) is 29.4 Å². The fourth-order valence-electron chi connectivity index (χ4n) is 4.50. The lowest BCUT2D eigenvalue weighted by atomic mass is 9.94. The van der Waals surface area contributed by atoms with Crippen LogP contribution in [0.25, 0.3) is 5.76 Å². The van der Waals surface area contributed by atoms with E-state index in [9.17, 15) is 19.5 Å². The zero-order valence-electron chi connectivity index (χ0n) is 22.2. The number of aryl methyl sites for hydroxylation is 3. The Hall–Kier alpha value is -4.39. The quantitative estimate of drug-likeness (QED) is 0.138. The summed E-state index contributed by atoms with van der Waals surface area (Å²) in [6.07, 6.45) is 0.860. The highest BCUT2D eigenvalue weighted by molar-refractivity contribution is 6.51. The van der Waals surface area contributed by atoms with Crippen molar-refractivity contribution < 1.29 is 29.0 Å². The number of rotatable bonds is 7. The molecule has 1 unspecified atom stereocenters. The number of aliphatic hydroxyl groups is 1. The number of anilines is 1. The highest BCUT2D eigenvalue weighted by Crippen LogP contribution is 2.43. The van der Waals surface area contributed by atoms with Gasteiger partial charge in [-0.1, -0.05) is 25.1 Å². The third-order valence-corrected chi connectivity index (χ3v) is 6.58. The van der Waals surface area contributed by atoms with Crippen LogP contribution in [0.15, 0.2) is 66.2 Å². The number of ketones is 1. The van der Waals surface area contributed by atoms with Crippen LogP contribution in [0.2, 0.25) is 0 Å². The molecule has 1 amide bonds. The number of amides is 1. The van der Waals surface area contributed by atoms with Crippen molar-refractivity contribution in [3.8, 4) is 11.5 Å². The van der Waals surface area contributed by atoms with Gasteiger partial charge < -0.3 is 14.6 Å². The standard InChI is InChI=1S/C31H31NO6/c1-6-15-37-26-14-10-23(16-20(26)4)29(34)27-28(22-8-12-25(13-9-22)38-21(5)33)32(31(36)30(27)35)24-11-7-18(2)19(3)17-24/h7-14,16-17,28,34H,6,15H2,1-5H3/b29-27+. The monoisotopic (exact) mass is 513 g/mol. The molecule has 196 valence electrons. The Labute approximate surface area is 222 Å².